The molecule has 0 saturated carbocycles. The summed E-state index contributed by atoms with van der Waals surface area (Å²) in [6, 6.07) is 10.6. The quantitative estimate of drug-likeness (QED) is 0.801. The molecule has 6 heteroatoms. The molecule has 0 bridgehead atoms. The lowest BCUT2D eigenvalue weighted by molar-refractivity contribution is -0.274. The van der Waals surface area contributed by atoms with Crippen LogP contribution >= 0.6 is 11.6 Å². The minimum absolute atomic E-state index is 0.269. The maximum Gasteiger partial charge on any atom is 0.573 e. The largest absolute Gasteiger partial charge is 0.573 e. The summed E-state index contributed by atoms with van der Waals surface area (Å²) >= 11 is 5.86. The van der Waals surface area contributed by atoms with E-state index in [-0.39, 0.29) is 5.75 Å². The van der Waals surface area contributed by atoms with Gasteiger partial charge in [0.2, 0.25) is 0 Å². The van der Waals surface area contributed by atoms with Crippen molar-refractivity contribution < 1.29 is 22.6 Å². The zero-order valence-electron chi connectivity index (χ0n) is 10.4. The van der Waals surface area contributed by atoms with Crippen LogP contribution in [0.1, 0.15) is 0 Å². The SMILES string of the molecule is COc1cc(Cl)ccc1-c1ccc(OC(F)(F)F)cc1. The molecule has 0 radical (unpaired) electrons. The highest BCUT2D eigenvalue weighted by Gasteiger charge is 2.30. The second kappa shape index (κ2) is 5.63. The number of rotatable bonds is 3. The number of hydrogen-bond donors (Lipinski definition) is 0. The first-order valence-electron chi connectivity index (χ1n) is 5.59. The summed E-state index contributed by atoms with van der Waals surface area (Å²) in [6.07, 6.45) is -4.69. The summed E-state index contributed by atoms with van der Waals surface area (Å²) in [7, 11) is 1.50. The second-order valence-electron chi connectivity index (χ2n) is 3.92. The summed E-state index contributed by atoms with van der Waals surface area (Å²) < 4.78 is 45.2. The fourth-order valence-corrected chi connectivity index (χ4v) is 1.90. The summed E-state index contributed by atoms with van der Waals surface area (Å²) in [5, 5.41) is 0.516. The van der Waals surface area contributed by atoms with Gasteiger partial charge in [-0.3, -0.25) is 0 Å². The van der Waals surface area contributed by atoms with Crippen LogP contribution in [0.15, 0.2) is 42.5 Å². The average molecular weight is 303 g/mol. The Morgan fingerprint density at radius 3 is 2.20 bits per heavy atom. The zero-order valence-corrected chi connectivity index (χ0v) is 11.1. The van der Waals surface area contributed by atoms with Gasteiger partial charge in [0.1, 0.15) is 11.5 Å². The van der Waals surface area contributed by atoms with E-state index >= 15 is 0 Å². The normalized spacial score (nSPS) is 11.2. The Labute approximate surface area is 118 Å². The van der Waals surface area contributed by atoms with Crippen LogP contribution in [0.2, 0.25) is 5.02 Å². The molecule has 0 aliphatic carbocycles. The Bertz CT molecular complexity index is 594. The van der Waals surface area contributed by atoms with Gasteiger partial charge in [-0.15, -0.1) is 13.2 Å². The Morgan fingerprint density at radius 1 is 1.00 bits per heavy atom. The molecule has 2 aromatic carbocycles. The third-order valence-electron chi connectivity index (χ3n) is 2.56. The van der Waals surface area contributed by atoms with E-state index in [0.29, 0.717) is 16.3 Å². The van der Waals surface area contributed by atoms with Crippen molar-refractivity contribution >= 4 is 11.6 Å². The zero-order chi connectivity index (χ0) is 14.8. The molecule has 0 unspecified atom stereocenters. The lowest BCUT2D eigenvalue weighted by Gasteiger charge is -2.11. The highest BCUT2D eigenvalue weighted by Crippen LogP contribution is 2.33. The van der Waals surface area contributed by atoms with Gasteiger partial charge >= 0.3 is 6.36 Å². The monoisotopic (exact) mass is 302 g/mol. The van der Waals surface area contributed by atoms with Crippen LogP contribution in [0.3, 0.4) is 0 Å². The van der Waals surface area contributed by atoms with Crippen molar-refractivity contribution in [2.24, 2.45) is 0 Å². The van der Waals surface area contributed by atoms with Gasteiger partial charge in [-0.2, -0.15) is 0 Å². The molecule has 0 amide bonds. The van der Waals surface area contributed by atoms with Gasteiger partial charge in [0.05, 0.1) is 7.11 Å². The van der Waals surface area contributed by atoms with Crippen molar-refractivity contribution in [3.8, 4) is 22.6 Å². The van der Waals surface area contributed by atoms with E-state index < -0.39 is 6.36 Å². The molecule has 0 N–H and O–H groups in total. The van der Waals surface area contributed by atoms with E-state index in [1.807, 2.05) is 0 Å². The minimum Gasteiger partial charge on any atom is -0.496 e. The maximum atomic E-state index is 12.1. The van der Waals surface area contributed by atoms with Crippen molar-refractivity contribution in [1.82, 2.24) is 0 Å². The van der Waals surface area contributed by atoms with Crippen LogP contribution in [0.4, 0.5) is 13.2 Å². The molecule has 0 heterocycles. The third kappa shape index (κ3) is 3.57. The van der Waals surface area contributed by atoms with Crippen LogP contribution < -0.4 is 9.47 Å². The number of halogens is 4. The highest BCUT2D eigenvalue weighted by atomic mass is 35.5. The van der Waals surface area contributed by atoms with E-state index in [2.05, 4.69) is 4.74 Å². The Morgan fingerprint density at radius 2 is 1.65 bits per heavy atom. The molecule has 0 atom stereocenters. The first kappa shape index (κ1) is 14.5. The third-order valence-corrected chi connectivity index (χ3v) is 2.80. The Balaban J connectivity index is 2.30. The van der Waals surface area contributed by atoms with E-state index in [9.17, 15) is 13.2 Å². The smallest absolute Gasteiger partial charge is 0.496 e. The van der Waals surface area contributed by atoms with Gasteiger partial charge in [-0.25, -0.2) is 0 Å². The summed E-state index contributed by atoms with van der Waals surface area (Å²) in [4.78, 5) is 0. The van der Waals surface area contributed by atoms with E-state index in [1.54, 1.807) is 18.2 Å². The minimum atomic E-state index is -4.69. The fraction of sp³-hybridized carbons (Fsp3) is 0.143. The standard InChI is InChI=1S/C14H10ClF3O2/c1-19-13-8-10(15)4-7-12(13)9-2-5-11(6-3-9)20-14(16,17)18/h2-8H,1H3. The molecule has 0 aromatic heterocycles. The molecule has 0 spiro atoms. The number of ether oxygens (including phenoxy) is 2. The van der Waals surface area contributed by atoms with Crippen LogP contribution in [0.25, 0.3) is 11.1 Å². The van der Waals surface area contributed by atoms with Crippen LogP contribution in [0, 0.1) is 0 Å². The molecule has 106 valence electrons. The first-order chi connectivity index (χ1) is 9.39. The number of hydrogen-bond acceptors (Lipinski definition) is 2. The number of benzene rings is 2. The van der Waals surface area contributed by atoms with E-state index in [0.717, 1.165) is 5.56 Å². The first-order valence-corrected chi connectivity index (χ1v) is 5.96. The average Bonchev–Trinajstić information content (AvgIpc) is 2.38. The molecular weight excluding hydrogens is 293 g/mol. The number of methoxy groups -OCH3 is 1. The molecule has 2 rings (SSSR count). The number of alkyl halides is 3. The summed E-state index contributed by atoms with van der Waals surface area (Å²) in [5.41, 5.74) is 1.43. The van der Waals surface area contributed by atoms with E-state index in [1.165, 1.54) is 31.4 Å². The predicted molar refractivity (Wildman–Crippen MR) is 70.1 cm³/mol. The molecular formula is C14H10ClF3O2. The van der Waals surface area contributed by atoms with Gasteiger partial charge in [0.25, 0.3) is 0 Å². The van der Waals surface area contributed by atoms with Gasteiger partial charge in [-0.1, -0.05) is 23.7 Å². The molecule has 0 fully saturated rings. The summed E-state index contributed by atoms with van der Waals surface area (Å²) in [6.45, 7) is 0. The molecule has 20 heavy (non-hydrogen) atoms. The fourth-order valence-electron chi connectivity index (χ4n) is 1.74. The molecule has 0 aliphatic heterocycles. The molecule has 2 nitrogen and oxygen atoms in total. The van der Waals surface area contributed by atoms with Crippen molar-refractivity contribution in [3.05, 3.63) is 47.5 Å². The molecule has 0 saturated heterocycles. The van der Waals surface area contributed by atoms with Crippen molar-refractivity contribution in [2.75, 3.05) is 7.11 Å². The van der Waals surface area contributed by atoms with Gasteiger partial charge in [0, 0.05) is 10.6 Å². The summed E-state index contributed by atoms with van der Waals surface area (Å²) in [5.74, 6) is 0.274. The van der Waals surface area contributed by atoms with Gasteiger partial charge in [-0.05, 0) is 35.9 Å². The predicted octanol–water partition coefficient (Wildman–Crippen LogP) is 4.91. The van der Waals surface area contributed by atoms with Gasteiger partial charge < -0.3 is 9.47 Å². The van der Waals surface area contributed by atoms with E-state index in [4.69, 9.17) is 16.3 Å². The highest BCUT2D eigenvalue weighted by molar-refractivity contribution is 6.30. The van der Waals surface area contributed by atoms with Crippen LogP contribution in [0.5, 0.6) is 11.5 Å². The molecule has 0 aliphatic rings. The second-order valence-corrected chi connectivity index (χ2v) is 4.35. The lowest BCUT2D eigenvalue weighted by Crippen LogP contribution is -2.16. The van der Waals surface area contributed by atoms with Crippen LogP contribution in [-0.4, -0.2) is 13.5 Å². The van der Waals surface area contributed by atoms with Crippen molar-refractivity contribution in [3.63, 3.8) is 0 Å². The topological polar surface area (TPSA) is 18.5 Å². The Kier molecular flexibility index (Phi) is 4.09. The molecule has 2 aromatic rings. The van der Waals surface area contributed by atoms with Gasteiger partial charge in [0.15, 0.2) is 0 Å². The van der Waals surface area contributed by atoms with Crippen molar-refractivity contribution in [1.29, 1.82) is 0 Å². The Hall–Kier alpha value is -1.88. The van der Waals surface area contributed by atoms with Crippen molar-refractivity contribution in [2.45, 2.75) is 6.36 Å². The maximum absolute atomic E-state index is 12.1. The lowest BCUT2D eigenvalue weighted by atomic mass is 10.0. The van der Waals surface area contributed by atoms with Crippen LogP contribution in [-0.2, 0) is 0 Å².